The van der Waals surface area contributed by atoms with Gasteiger partial charge >= 0.3 is 5.97 Å². The van der Waals surface area contributed by atoms with Crippen molar-refractivity contribution in [2.24, 2.45) is 5.92 Å². The molecule has 3 aromatic heterocycles. The van der Waals surface area contributed by atoms with E-state index < -0.39 is 17.3 Å². The molecule has 0 radical (unpaired) electrons. The summed E-state index contributed by atoms with van der Waals surface area (Å²) in [6.07, 6.45) is 3.56. The molecule has 42 heavy (non-hydrogen) atoms. The van der Waals surface area contributed by atoms with Crippen molar-refractivity contribution in [3.63, 3.8) is 0 Å². The molecule has 1 aromatic carbocycles. The molecule has 1 saturated heterocycles. The average molecular weight is 593 g/mol. The number of carboxylic acid groups (broad SMARTS) is 1. The molecule has 0 spiro atoms. The van der Waals surface area contributed by atoms with Crippen molar-refractivity contribution < 1.29 is 19.1 Å². The first-order chi connectivity index (χ1) is 19.8. The van der Waals surface area contributed by atoms with E-state index in [1.165, 1.54) is 12.1 Å². The Bertz CT molecular complexity index is 1690. The summed E-state index contributed by atoms with van der Waals surface area (Å²) in [6, 6.07) is 6.46. The maximum absolute atomic E-state index is 14.3. The van der Waals surface area contributed by atoms with Crippen molar-refractivity contribution >= 4 is 40.3 Å². The van der Waals surface area contributed by atoms with Crippen LogP contribution in [0.1, 0.15) is 59.9 Å². The lowest BCUT2D eigenvalue weighted by Gasteiger charge is -2.47. The fourth-order valence-corrected chi connectivity index (χ4v) is 5.86. The summed E-state index contributed by atoms with van der Waals surface area (Å²) >= 11 is 5.91. The Morgan fingerprint density at radius 3 is 2.50 bits per heavy atom. The van der Waals surface area contributed by atoms with Crippen LogP contribution >= 0.6 is 11.6 Å². The van der Waals surface area contributed by atoms with Gasteiger partial charge in [0.05, 0.1) is 21.8 Å². The smallest absolute Gasteiger partial charge is 0.337 e. The van der Waals surface area contributed by atoms with Crippen LogP contribution in [-0.4, -0.2) is 66.6 Å². The highest BCUT2D eigenvalue weighted by molar-refractivity contribution is 6.30. The number of aromatic carboxylic acids is 1. The summed E-state index contributed by atoms with van der Waals surface area (Å²) in [6.45, 7) is 13.7. The number of aromatic nitrogens is 4. The van der Waals surface area contributed by atoms with Crippen LogP contribution in [0.4, 0.5) is 10.2 Å². The van der Waals surface area contributed by atoms with Gasteiger partial charge in [-0.15, -0.1) is 0 Å². The van der Waals surface area contributed by atoms with E-state index in [9.17, 15) is 19.1 Å². The molecule has 0 aliphatic carbocycles. The summed E-state index contributed by atoms with van der Waals surface area (Å²) in [4.78, 5) is 43.1. The van der Waals surface area contributed by atoms with Crippen molar-refractivity contribution in [2.45, 2.75) is 53.6 Å². The summed E-state index contributed by atoms with van der Waals surface area (Å²) in [5, 5.41) is 10.3. The predicted octanol–water partition coefficient (Wildman–Crippen LogP) is 6.00. The lowest BCUT2D eigenvalue weighted by Crippen LogP contribution is -2.61. The van der Waals surface area contributed by atoms with Gasteiger partial charge in [-0.3, -0.25) is 4.79 Å². The van der Waals surface area contributed by atoms with E-state index in [0.29, 0.717) is 60.4 Å². The molecule has 9 nitrogen and oxygen atoms in total. The molecular weight excluding hydrogens is 559 g/mol. The number of nitrogens with zero attached hydrogens (tertiary/aromatic N) is 6. The van der Waals surface area contributed by atoms with E-state index in [1.54, 1.807) is 37.1 Å². The van der Waals surface area contributed by atoms with Gasteiger partial charge in [0, 0.05) is 49.5 Å². The van der Waals surface area contributed by atoms with Crippen LogP contribution in [-0.2, 0) is 6.54 Å². The molecule has 0 atom stereocenters. The molecular formula is C31H34ClFN6O3. The molecule has 1 fully saturated rings. The SMILES string of the molecule is Cc1cc(N2CCN(C(=O)c3ncc4c(-c5ccc(Cl)c(F)c5)cn(CC(C)C)c4n3)C(C)(C)C2)nc(C)c1C(=O)O. The number of amides is 1. The van der Waals surface area contributed by atoms with Gasteiger partial charge in [-0.1, -0.05) is 31.5 Å². The average Bonchev–Trinajstić information content (AvgIpc) is 3.25. The van der Waals surface area contributed by atoms with E-state index in [4.69, 9.17) is 16.6 Å². The van der Waals surface area contributed by atoms with Gasteiger partial charge in [0.1, 0.15) is 17.3 Å². The van der Waals surface area contributed by atoms with Crippen molar-refractivity contribution in [2.75, 3.05) is 24.5 Å². The number of benzene rings is 1. The van der Waals surface area contributed by atoms with Crippen LogP contribution in [0, 0.1) is 25.6 Å². The number of hydrogen-bond acceptors (Lipinski definition) is 6. The van der Waals surface area contributed by atoms with Gasteiger partial charge in [-0.25, -0.2) is 24.1 Å². The first-order valence-corrected chi connectivity index (χ1v) is 14.2. The standard InChI is InChI=1S/C31H34ClFN6O3/c1-17(2)14-38-15-22(20-7-8-23(32)24(33)12-20)21-13-34-27(36-28(21)38)29(40)39-10-9-37(16-31(39,5)6)25-11-18(3)26(30(41)42)19(4)35-25/h7-8,11-13,15,17H,9-10,14,16H2,1-6H3,(H,41,42). The Kier molecular flexibility index (Phi) is 7.70. The lowest BCUT2D eigenvalue weighted by atomic mass is 9.98. The second-order valence-corrected chi connectivity index (χ2v) is 12.3. The normalized spacial score (nSPS) is 15.1. The Labute approximate surface area is 249 Å². The highest BCUT2D eigenvalue weighted by atomic mass is 35.5. The molecule has 1 aliphatic heterocycles. The summed E-state index contributed by atoms with van der Waals surface area (Å²) in [5.74, 6) is -0.696. The van der Waals surface area contributed by atoms with E-state index in [0.717, 1.165) is 10.9 Å². The third kappa shape index (κ3) is 5.43. The maximum Gasteiger partial charge on any atom is 0.337 e. The molecule has 1 N–H and O–H groups in total. The Morgan fingerprint density at radius 2 is 1.88 bits per heavy atom. The minimum absolute atomic E-state index is 0.0508. The van der Waals surface area contributed by atoms with Gasteiger partial charge in [0.25, 0.3) is 5.91 Å². The predicted molar refractivity (Wildman–Crippen MR) is 161 cm³/mol. The zero-order valence-electron chi connectivity index (χ0n) is 24.6. The first-order valence-electron chi connectivity index (χ1n) is 13.9. The fourth-order valence-electron chi connectivity index (χ4n) is 5.74. The number of pyridine rings is 1. The monoisotopic (exact) mass is 592 g/mol. The fraction of sp³-hybridized carbons (Fsp3) is 0.387. The second-order valence-electron chi connectivity index (χ2n) is 11.9. The highest BCUT2D eigenvalue weighted by Crippen LogP contribution is 2.33. The van der Waals surface area contributed by atoms with Crippen LogP contribution < -0.4 is 4.90 Å². The number of anilines is 1. The molecule has 11 heteroatoms. The van der Waals surface area contributed by atoms with Crippen molar-refractivity contribution in [3.8, 4) is 11.1 Å². The molecule has 0 bridgehead atoms. The summed E-state index contributed by atoms with van der Waals surface area (Å²) < 4.78 is 16.3. The number of carbonyl (C=O) groups is 2. The number of rotatable bonds is 6. The van der Waals surface area contributed by atoms with Crippen LogP contribution in [0.2, 0.25) is 5.02 Å². The highest BCUT2D eigenvalue weighted by Gasteiger charge is 2.39. The quantitative estimate of drug-likeness (QED) is 0.293. The third-order valence-electron chi connectivity index (χ3n) is 7.67. The maximum atomic E-state index is 14.3. The minimum atomic E-state index is -0.997. The number of carbonyl (C=O) groups excluding carboxylic acids is 1. The van der Waals surface area contributed by atoms with Crippen LogP contribution in [0.15, 0.2) is 36.7 Å². The van der Waals surface area contributed by atoms with Crippen LogP contribution in [0.5, 0.6) is 0 Å². The Hall–Kier alpha value is -4.05. The zero-order valence-corrected chi connectivity index (χ0v) is 25.3. The molecule has 0 unspecified atom stereocenters. The van der Waals surface area contributed by atoms with E-state index in [1.807, 2.05) is 24.6 Å². The van der Waals surface area contributed by atoms with Crippen molar-refractivity contribution in [3.05, 3.63) is 70.1 Å². The molecule has 220 valence electrons. The third-order valence-corrected chi connectivity index (χ3v) is 7.98. The van der Waals surface area contributed by atoms with Gasteiger partial charge in [0.2, 0.25) is 5.82 Å². The molecule has 4 heterocycles. The van der Waals surface area contributed by atoms with E-state index in [2.05, 4.69) is 28.7 Å². The largest absolute Gasteiger partial charge is 0.478 e. The van der Waals surface area contributed by atoms with Gasteiger partial charge in [-0.2, -0.15) is 0 Å². The number of piperazine rings is 1. The lowest BCUT2D eigenvalue weighted by molar-refractivity contribution is 0.0500. The molecule has 1 aliphatic rings. The molecule has 0 saturated carbocycles. The Balaban J connectivity index is 1.45. The number of halogens is 2. The first kappa shape index (κ1) is 29.4. The van der Waals surface area contributed by atoms with E-state index in [-0.39, 0.29) is 22.3 Å². The second kappa shape index (κ2) is 11.0. The topological polar surface area (TPSA) is 104 Å². The molecule has 1 amide bonds. The summed E-state index contributed by atoms with van der Waals surface area (Å²) in [5.41, 5.74) is 2.76. The van der Waals surface area contributed by atoms with Crippen molar-refractivity contribution in [1.82, 2.24) is 24.4 Å². The van der Waals surface area contributed by atoms with Crippen molar-refractivity contribution in [1.29, 1.82) is 0 Å². The summed E-state index contributed by atoms with van der Waals surface area (Å²) in [7, 11) is 0. The Morgan fingerprint density at radius 1 is 1.14 bits per heavy atom. The van der Waals surface area contributed by atoms with E-state index >= 15 is 0 Å². The minimum Gasteiger partial charge on any atom is -0.478 e. The van der Waals surface area contributed by atoms with Crippen LogP contribution in [0.3, 0.4) is 0 Å². The number of fused-ring (bicyclic) bond motifs is 1. The van der Waals surface area contributed by atoms with Gasteiger partial charge in [-0.05, 0) is 62.9 Å². The number of aryl methyl sites for hydroxylation is 2. The van der Waals surface area contributed by atoms with Gasteiger partial charge < -0.3 is 19.5 Å². The number of hydrogen-bond donors (Lipinski definition) is 1. The van der Waals surface area contributed by atoms with Gasteiger partial charge in [0.15, 0.2) is 0 Å². The molecule has 5 rings (SSSR count). The molecule has 4 aromatic rings. The van der Waals surface area contributed by atoms with Crippen LogP contribution in [0.25, 0.3) is 22.2 Å². The number of carboxylic acids is 1. The zero-order chi connectivity index (χ0) is 30.5.